The molecule has 68 heavy (non-hydrogen) atoms. The number of hydrogen-bond donors (Lipinski definition) is 4. The molecule has 0 aromatic carbocycles. The Bertz CT molecular complexity index is 1500. The molecule has 392 valence electrons. The predicted octanol–water partition coefficient (Wildman–Crippen LogP) is 12.4. The molecular formula is C55H94O12S. The van der Waals surface area contributed by atoms with Gasteiger partial charge in [0.2, 0.25) is 0 Å². The zero-order valence-corrected chi connectivity index (χ0v) is 43.0. The number of aliphatic hydroxyl groups is 3. The number of carbonyl (C=O) groups is 1. The van der Waals surface area contributed by atoms with E-state index in [-0.39, 0.29) is 19.6 Å². The second-order valence-corrected chi connectivity index (χ2v) is 18.8. The Hall–Kier alpha value is -2.72. The number of esters is 1. The molecule has 1 heterocycles. The lowest BCUT2D eigenvalue weighted by Gasteiger charge is -2.41. The monoisotopic (exact) mass is 979 g/mol. The Morgan fingerprint density at radius 3 is 1.43 bits per heavy atom. The zero-order chi connectivity index (χ0) is 49.6. The summed E-state index contributed by atoms with van der Waals surface area (Å²) < 4.78 is 59.2. The third-order valence-electron chi connectivity index (χ3n) is 11.5. The van der Waals surface area contributed by atoms with Gasteiger partial charge in [-0.2, -0.15) is 8.42 Å². The van der Waals surface area contributed by atoms with Gasteiger partial charge in [0, 0.05) is 13.0 Å². The highest BCUT2D eigenvalue weighted by atomic mass is 32.3. The van der Waals surface area contributed by atoms with Crippen molar-refractivity contribution in [3.8, 4) is 0 Å². The fourth-order valence-corrected chi connectivity index (χ4v) is 8.11. The van der Waals surface area contributed by atoms with E-state index in [9.17, 15) is 33.1 Å². The normalized spacial score (nSPS) is 20.0. The number of ether oxygens (including phenoxy) is 4. The Morgan fingerprint density at radius 1 is 0.574 bits per heavy atom. The lowest BCUT2D eigenvalue weighted by molar-refractivity contribution is -0.301. The van der Waals surface area contributed by atoms with Crippen molar-refractivity contribution < 1.29 is 56.2 Å². The molecule has 13 heteroatoms. The third kappa shape index (κ3) is 38.1. The molecule has 0 aliphatic carbocycles. The van der Waals surface area contributed by atoms with Crippen LogP contribution in [-0.4, -0.2) is 97.5 Å². The summed E-state index contributed by atoms with van der Waals surface area (Å²) in [5.41, 5.74) is 0. The number of allylic oxidation sites excluding steroid dienone is 14. The zero-order valence-electron chi connectivity index (χ0n) is 42.1. The van der Waals surface area contributed by atoms with Gasteiger partial charge in [0.05, 0.1) is 19.8 Å². The molecule has 12 nitrogen and oxygen atoms in total. The standard InChI is InChI=1S/C55H94O12S/c1-3-5-7-9-11-13-15-17-19-21-23-24-25-26-27-28-30-32-34-36-38-40-42-44-51(57)65-49(48-64-55-53(59)54(67-68(60,61)62)52(58)50(46-56)66-55)47-63-45-43-41-39-37-35-33-31-29-22-20-18-16-14-12-10-8-6-4-2/h5,7,11,13,17,19,23-24,26-27,30,32,36,38,49-50,52-56,58-59H,3-4,6,8-10,12,14-16,18,20-22,25,28-29,31,33-35,37,39-48H2,1-2H3,(H,60,61,62)/b7-5-,13-11-,19-17-,24-23-,27-26-,32-30-,38-36-. The van der Waals surface area contributed by atoms with Crippen LogP contribution in [0.2, 0.25) is 0 Å². The Labute approximate surface area is 413 Å². The predicted molar refractivity (Wildman–Crippen MR) is 275 cm³/mol. The average Bonchev–Trinajstić information content (AvgIpc) is 3.31. The van der Waals surface area contributed by atoms with Crippen molar-refractivity contribution in [1.29, 1.82) is 0 Å². The largest absolute Gasteiger partial charge is 0.457 e. The average molecular weight is 979 g/mol. The van der Waals surface area contributed by atoms with Gasteiger partial charge in [0.1, 0.15) is 30.5 Å². The summed E-state index contributed by atoms with van der Waals surface area (Å²) in [5, 5.41) is 30.8. The number of hydrogen-bond acceptors (Lipinski definition) is 11. The van der Waals surface area contributed by atoms with Crippen LogP contribution < -0.4 is 0 Å². The van der Waals surface area contributed by atoms with Gasteiger partial charge in [-0.15, -0.1) is 0 Å². The summed E-state index contributed by atoms with van der Waals surface area (Å²) in [7, 11) is -5.08. The maximum Gasteiger partial charge on any atom is 0.397 e. The van der Waals surface area contributed by atoms with Crippen molar-refractivity contribution in [3.63, 3.8) is 0 Å². The molecule has 1 rings (SSSR count). The number of aliphatic hydroxyl groups excluding tert-OH is 3. The number of rotatable bonds is 45. The van der Waals surface area contributed by atoms with E-state index in [4.69, 9.17) is 18.9 Å². The molecule has 0 radical (unpaired) electrons. The summed E-state index contributed by atoms with van der Waals surface area (Å²) in [6.45, 7) is 3.82. The topological polar surface area (TPSA) is 178 Å². The first-order chi connectivity index (χ1) is 33.1. The molecule has 0 aromatic heterocycles. The van der Waals surface area contributed by atoms with Crippen molar-refractivity contribution in [2.24, 2.45) is 0 Å². The third-order valence-corrected chi connectivity index (χ3v) is 12.0. The molecule has 1 aliphatic heterocycles. The maximum atomic E-state index is 12.9. The summed E-state index contributed by atoms with van der Waals surface area (Å²) in [5.74, 6) is -0.456. The molecule has 0 amide bonds. The van der Waals surface area contributed by atoms with E-state index in [0.717, 1.165) is 64.2 Å². The lowest BCUT2D eigenvalue weighted by atomic mass is 9.99. The van der Waals surface area contributed by atoms with Gasteiger partial charge < -0.3 is 34.3 Å². The molecule has 1 fully saturated rings. The van der Waals surface area contributed by atoms with Crippen molar-refractivity contribution in [2.75, 3.05) is 26.4 Å². The number of unbranched alkanes of at least 4 members (excludes halogenated alkanes) is 18. The van der Waals surface area contributed by atoms with Gasteiger partial charge >= 0.3 is 16.4 Å². The van der Waals surface area contributed by atoms with Crippen LogP contribution in [0.15, 0.2) is 85.1 Å². The first-order valence-electron chi connectivity index (χ1n) is 26.3. The van der Waals surface area contributed by atoms with E-state index in [0.29, 0.717) is 19.4 Å². The van der Waals surface area contributed by atoms with Crippen LogP contribution in [0.3, 0.4) is 0 Å². The molecule has 0 spiro atoms. The quantitative estimate of drug-likeness (QED) is 0.0197. The minimum Gasteiger partial charge on any atom is -0.457 e. The smallest absolute Gasteiger partial charge is 0.397 e. The summed E-state index contributed by atoms with van der Waals surface area (Å²) in [6.07, 6.45) is 51.9. The second kappa shape index (κ2) is 45.4. The first-order valence-corrected chi connectivity index (χ1v) is 27.7. The van der Waals surface area contributed by atoms with Gasteiger partial charge in [-0.1, -0.05) is 208 Å². The maximum absolute atomic E-state index is 12.9. The minimum atomic E-state index is -5.08. The first kappa shape index (κ1) is 63.3. The van der Waals surface area contributed by atoms with Crippen LogP contribution in [-0.2, 0) is 38.3 Å². The highest BCUT2D eigenvalue weighted by molar-refractivity contribution is 7.80. The highest BCUT2D eigenvalue weighted by Gasteiger charge is 2.48. The van der Waals surface area contributed by atoms with Crippen LogP contribution in [0.1, 0.15) is 194 Å². The molecule has 0 bridgehead atoms. The highest BCUT2D eigenvalue weighted by Crippen LogP contribution is 2.26. The SMILES string of the molecule is CC/C=C\C/C=C\C/C=C\C/C=C\C/C=C\C/C=C\C/C=C\CCCC(=O)OC(COCCCCCCCCCCCCCCCCCCCC)COC1OC(CO)C(O)C(OS(=O)(=O)O)C1O. The van der Waals surface area contributed by atoms with E-state index in [1.165, 1.54) is 96.3 Å². The van der Waals surface area contributed by atoms with Crippen molar-refractivity contribution >= 4 is 16.4 Å². The van der Waals surface area contributed by atoms with Crippen molar-refractivity contribution in [1.82, 2.24) is 0 Å². The van der Waals surface area contributed by atoms with Crippen molar-refractivity contribution in [3.05, 3.63) is 85.1 Å². The van der Waals surface area contributed by atoms with E-state index < -0.39 is 59.8 Å². The molecule has 1 saturated heterocycles. The summed E-state index contributed by atoms with van der Waals surface area (Å²) in [6, 6.07) is 0. The molecule has 1 aliphatic rings. The molecule has 6 atom stereocenters. The van der Waals surface area contributed by atoms with Crippen LogP contribution in [0.5, 0.6) is 0 Å². The molecule has 4 N–H and O–H groups in total. The van der Waals surface area contributed by atoms with Gasteiger partial charge in [0.15, 0.2) is 6.29 Å². The van der Waals surface area contributed by atoms with Gasteiger partial charge in [0.25, 0.3) is 0 Å². The van der Waals surface area contributed by atoms with Gasteiger partial charge in [-0.05, 0) is 64.2 Å². The second-order valence-electron chi connectivity index (χ2n) is 17.7. The van der Waals surface area contributed by atoms with Crippen LogP contribution in [0.4, 0.5) is 0 Å². The van der Waals surface area contributed by atoms with E-state index in [2.05, 4.69) is 97.0 Å². The van der Waals surface area contributed by atoms with Crippen molar-refractivity contribution in [2.45, 2.75) is 230 Å². The van der Waals surface area contributed by atoms with Gasteiger partial charge in [-0.3, -0.25) is 9.35 Å². The van der Waals surface area contributed by atoms with Crippen LogP contribution in [0.25, 0.3) is 0 Å². The van der Waals surface area contributed by atoms with E-state index in [1.807, 2.05) is 6.08 Å². The molecular weight excluding hydrogens is 885 g/mol. The fraction of sp³-hybridized carbons (Fsp3) is 0.727. The Morgan fingerprint density at radius 2 is 1.00 bits per heavy atom. The summed E-state index contributed by atoms with van der Waals surface area (Å²) in [4.78, 5) is 12.9. The fourth-order valence-electron chi connectivity index (χ4n) is 7.60. The minimum absolute atomic E-state index is 0.0103. The summed E-state index contributed by atoms with van der Waals surface area (Å²) >= 11 is 0. The molecule has 0 aromatic rings. The van der Waals surface area contributed by atoms with E-state index >= 15 is 0 Å². The Balaban J connectivity index is 2.41. The lowest BCUT2D eigenvalue weighted by Crippen LogP contribution is -2.60. The molecule has 6 unspecified atom stereocenters. The van der Waals surface area contributed by atoms with Gasteiger partial charge in [-0.25, -0.2) is 4.18 Å². The van der Waals surface area contributed by atoms with E-state index in [1.54, 1.807) is 0 Å². The number of carbonyl (C=O) groups excluding carboxylic acids is 1. The Kier molecular flexibility index (Phi) is 42.3. The molecule has 0 saturated carbocycles. The van der Waals surface area contributed by atoms with Crippen LogP contribution >= 0.6 is 0 Å². The van der Waals surface area contributed by atoms with Crippen LogP contribution in [0, 0.1) is 0 Å².